The SMILES string of the molecule is CCCCN(c1ccc(Cl)cc1C#N)C(C)CC. The van der Waals surface area contributed by atoms with Gasteiger partial charge in [-0.1, -0.05) is 31.9 Å². The fourth-order valence-corrected chi connectivity index (χ4v) is 2.15. The van der Waals surface area contributed by atoms with Crippen LogP contribution in [0.1, 0.15) is 45.6 Å². The summed E-state index contributed by atoms with van der Waals surface area (Å²) in [6, 6.07) is 8.25. The molecule has 0 aromatic heterocycles. The minimum absolute atomic E-state index is 0.435. The van der Waals surface area contributed by atoms with Gasteiger partial charge in [0.15, 0.2) is 0 Å². The molecule has 0 bridgehead atoms. The lowest BCUT2D eigenvalue weighted by atomic mass is 10.1. The number of hydrogen-bond donors (Lipinski definition) is 0. The maximum atomic E-state index is 9.24. The molecule has 0 aliphatic heterocycles. The van der Waals surface area contributed by atoms with Gasteiger partial charge >= 0.3 is 0 Å². The highest BCUT2D eigenvalue weighted by Gasteiger charge is 2.16. The first-order chi connectivity index (χ1) is 8.63. The lowest BCUT2D eigenvalue weighted by molar-refractivity contribution is 0.595. The molecule has 2 nitrogen and oxygen atoms in total. The molecule has 98 valence electrons. The Balaban J connectivity index is 3.08. The number of halogens is 1. The number of benzene rings is 1. The maximum absolute atomic E-state index is 9.24. The quantitative estimate of drug-likeness (QED) is 0.750. The molecule has 0 saturated heterocycles. The number of rotatable bonds is 6. The van der Waals surface area contributed by atoms with E-state index >= 15 is 0 Å². The Morgan fingerprint density at radius 2 is 2.11 bits per heavy atom. The Morgan fingerprint density at radius 3 is 2.67 bits per heavy atom. The number of nitriles is 1. The van der Waals surface area contributed by atoms with Crippen molar-refractivity contribution in [2.45, 2.75) is 46.1 Å². The van der Waals surface area contributed by atoms with E-state index in [0.29, 0.717) is 16.6 Å². The van der Waals surface area contributed by atoms with Gasteiger partial charge in [-0.05, 0) is 38.0 Å². The van der Waals surface area contributed by atoms with Crippen LogP contribution >= 0.6 is 11.6 Å². The normalized spacial score (nSPS) is 11.9. The molecule has 1 unspecified atom stereocenters. The summed E-state index contributed by atoms with van der Waals surface area (Å²) >= 11 is 5.95. The number of unbranched alkanes of at least 4 members (excludes halogenated alkanes) is 1. The monoisotopic (exact) mass is 264 g/mol. The predicted octanol–water partition coefficient (Wildman–Crippen LogP) is 4.62. The van der Waals surface area contributed by atoms with Gasteiger partial charge in [-0.3, -0.25) is 0 Å². The number of nitrogens with zero attached hydrogens (tertiary/aromatic N) is 2. The van der Waals surface area contributed by atoms with E-state index in [4.69, 9.17) is 11.6 Å². The summed E-state index contributed by atoms with van der Waals surface area (Å²) in [7, 11) is 0. The van der Waals surface area contributed by atoms with Crippen molar-refractivity contribution in [2.24, 2.45) is 0 Å². The van der Waals surface area contributed by atoms with Gasteiger partial charge in [0.1, 0.15) is 6.07 Å². The molecular formula is C15H21ClN2. The van der Waals surface area contributed by atoms with Crippen molar-refractivity contribution < 1.29 is 0 Å². The first kappa shape index (κ1) is 14.9. The Morgan fingerprint density at radius 1 is 1.39 bits per heavy atom. The zero-order valence-corrected chi connectivity index (χ0v) is 12.2. The summed E-state index contributed by atoms with van der Waals surface area (Å²) in [6.07, 6.45) is 3.36. The first-order valence-electron chi connectivity index (χ1n) is 6.60. The van der Waals surface area contributed by atoms with Crippen LogP contribution in [0.5, 0.6) is 0 Å². The summed E-state index contributed by atoms with van der Waals surface area (Å²) in [5.74, 6) is 0. The lowest BCUT2D eigenvalue weighted by Crippen LogP contribution is -2.34. The Hall–Kier alpha value is -1.20. The molecule has 0 heterocycles. The summed E-state index contributed by atoms with van der Waals surface area (Å²) in [4.78, 5) is 2.32. The molecule has 0 N–H and O–H groups in total. The predicted molar refractivity (Wildman–Crippen MR) is 78.2 cm³/mol. The van der Waals surface area contributed by atoms with Crippen molar-refractivity contribution in [3.05, 3.63) is 28.8 Å². The molecule has 0 spiro atoms. The second-order valence-electron chi connectivity index (χ2n) is 4.58. The van der Waals surface area contributed by atoms with E-state index in [1.807, 2.05) is 12.1 Å². The van der Waals surface area contributed by atoms with Crippen molar-refractivity contribution in [2.75, 3.05) is 11.4 Å². The third kappa shape index (κ3) is 3.65. The van der Waals surface area contributed by atoms with Gasteiger partial charge in [0, 0.05) is 17.6 Å². The molecule has 0 saturated carbocycles. The molecule has 0 aliphatic rings. The zero-order valence-electron chi connectivity index (χ0n) is 11.4. The third-order valence-electron chi connectivity index (χ3n) is 3.26. The molecule has 1 aromatic carbocycles. The second kappa shape index (κ2) is 7.28. The van der Waals surface area contributed by atoms with Crippen molar-refractivity contribution in [3.63, 3.8) is 0 Å². The van der Waals surface area contributed by atoms with Crippen LogP contribution < -0.4 is 4.90 Å². The molecule has 0 radical (unpaired) electrons. The average Bonchev–Trinajstić information content (AvgIpc) is 2.39. The molecule has 1 atom stereocenters. The number of anilines is 1. The first-order valence-corrected chi connectivity index (χ1v) is 6.98. The Kier molecular flexibility index (Phi) is 6.01. The average molecular weight is 265 g/mol. The Bertz CT molecular complexity index is 423. The van der Waals surface area contributed by atoms with E-state index in [2.05, 4.69) is 31.7 Å². The molecule has 0 fully saturated rings. The summed E-state index contributed by atoms with van der Waals surface area (Å²) < 4.78 is 0. The van der Waals surface area contributed by atoms with Gasteiger partial charge in [-0.15, -0.1) is 0 Å². The van der Waals surface area contributed by atoms with Gasteiger partial charge in [0.25, 0.3) is 0 Å². The van der Waals surface area contributed by atoms with Gasteiger partial charge in [-0.2, -0.15) is 5.26 Å². The van der Waals surface area contributed by atoms with E-state index in [-0.39, 0.29) is 0 Å². The standard InChI is InChI=1S/C15H21ClN2/c1-4-6-9-18(12(3)5-2)15-8-7-14(16)10-13(15)11-17/h7-8,10,12H,4-6,9H2,1-3H3. The highest BCUT2D eigenvalue weighted by Crippen LogP contribution is 2.26. The molecule has 0 amide bonds. The summed E-state index contributed by atoms with van der Waals surface area (Å²) in [5, 5.41) is 9.86. The highest BCUT2D eigenvalue weighted by atomic mass is 35.5. The summed E-state index contributed by atoms with van der Waals surface area (Å²) in [5.41, 5.74) is 1.67. The maximum Gasteiger partial charge on any atom is 0.101 e. The Labute approximate surface area is 115 Å². The van der Waals surface area contributed by atoms with E-state index < -0.39 is 0 Å². The van der Waals surface area contributed by atoms with E-state index in [0.717, 1.165) is 31.5 Å². The lowest BCUT2D eigenvalue weighted by Gasteiger charge is -2.31. The summed E-state index contributed by atoms with van der Waals surface area (Å²) in [6.45, 7) is 7.54. The fraction of sp³-hybridized carbons (Fsp3) is 0.533. The minimum atomic E-state index is 0.435. The molecule has 1 rings (SSSR count). The van der Waals surface area contributed by atoms with Crippen LogP contribution in [0.15, 0.2) is 18.2 Å². The van der Waals surface area contributed by atoms with Crippen LogP contribution in [0.3, 0.4) is 0 Å². The molecular weight excluding hydrogens is 244 g/mol. The van der Waals surface area contributed by atoms with E-state index in [1.54, 1.807) is 6.07 Å². The van der Waals surface area contributed by atoms with Crippen molar-refractivity contribution >= 4 is 17.3 Å². The van der Waals surface area contributed by atoms with Gasteiger partial charge < -0.3 is 4.90 Å². The topological polar surface area (TPSA) is 27.0 Å². The van der Waals surface area contributed by atoms with Crippen LogP contribution in [0, 0.1) is 11.3 Å². The number of hydrogen-bond acceptors (Lipinski definition) is 2. The van der Waals surface area contributed by atoms with Crippen LogP contribution in [0.4, 0.5) is 5.69 Å². The molecule has 1 aromatic rings. The highest BCUT2D eigenvalue weighted by molar-refractivity contribution is 6.30. The van der Waals surface area contributed by atoms with Crippen LogP contribution in [0.25, 0.3) is 0 Å². The molecule has 0 aliphatic carbocycles. The molecule has 3 heteroatoms. The van der Waals surface area contributed by atoms with Gasteiger partial charge in [0.05, 0.1) is 11.3 Å². The zero-order chi connectivity index (χ0) is 13.5. The minimum Gasteiger partial charge on any atom is -0.368 e. The van der Waals surface area contributed by atoms with E-state index in [9.17, 15) is 5.26 Å². The second-order valence-corrected chi connectivity index (χ2v) is 5.01. The van der Waals surface area contributed by atoms with Crippen molar-refractivity contribution in [3.8, 4) is 6.07 Å². The fourth-order valence-electron chi connectivity index (χ4n) is 1.98. The van der Waals surface area contributed by atoms with Gasteiger partial charge in [0.2, 0.25) is 0 Å². The molecule has 18 heavy (non-hydrogen) atoms. The third-order valence-corrected chi connectivity index (χ3v) is 3.50. The van der Waals surface area contributed by atoms with Crippen LogP contribution in [0.2, 0.25) is 5.02 Å². The smallest absolute Gasteiger partial charge is 0.101 e. The van der Waals surface area contributed by atoms with Crippen LogP contribution in [-0.2, 0) is 0 Å². The largest absolute Gasteiger partial charge is 0.368 e. The van der Waals surface area contributed by atoms with Gasteiger partial charge in [-0.25, -0.2) is 0 Å². The van der Waals surface area contributed by atoms with Crippen molar-refractivity contribution in [1.82, 2.24) is 0 Å². The van der Waals surface area contributed by atoms with Crippen LogP contribution in [-0.4, -0.2) is 12.6 Å². The van der Waals surface area contributed by atoms with Crippen molar-refractivity contribution in [1.29, 1.82) is 5.26 Å². The van der Waals surface area contributed by atoms with E-state index in [1.165, 1.54) is 0 Å².